The average Bonchev–Trinajstić information content (AvgIpc) is 2.79. The van der Waals surface area contributed by atoms with Gasteiger partial charge in [0.25, 0.3) is 5.91 Å². The third kappa shape index (κ3) is 2.76. The molecule has 1 fully saturated rings. The van der Waals surface area contributed by atoms with Crippen molar-refractivity contribution >= 4 is 12.0 Å². The van der Waals surface area contributed by atoms with Gasteiger partial charge >= 0.3 is 6.09 Å². The van der Waals surface area contributed by atoms with Crippen LogP contribution in [0.3, 0.4) is 0 Å². The zero-order chi connectivity index (χ0) is 14.7. The number of ether oxygens (including phenoxy) is 1. The molecule has 0 spiro atoms. The molecule has 1 aliphatic heterocycles. The highest BCUT2D eigenvalue weighted by Gasteiger charge is 2.26. The minimum atomic E-state index is -0.308. The molecular weight excluding hydrogens is 260 g/mol. The van der Waals surface area contributed by atoms with Gasteiger partial charge in [0.15, 0.2) is 0 Å². The smallest absolute Gasteiger partial charge is 0.409 e. The summed E-state index contributed by atoms with van der Waals surface area (Å²) < 4.78 is 6.64. The molecule has 1 aliphatic rings. The number of carbonyl (C=O) groups excluding carboxylic acids is 2. The molecule has 110 valence electrons. The van der Waals surface area contributed by atoms with E-state index in [1.165, 1.54) is 0 Å². The predicted molar refractivity (Wildman–Crippen MR) is 72.4 cm³/mol. The summed E-state index contributed by atoms with van der Waals surface area (Å²) >= 11 is 0. The molecule has 2 rings (SSSR count). The van der Waals surface area contributed by atoms with E-state index in [9.17, 15) is 9.59 Å². The summed E-state index contributed by atoms with van der Waals surface area (Å²) in [4.78, 5) is 27.3. The van der Waals surface area contributed by atoms with E-state index in [1.54, 1.807) is 27.6 Å². The van der Waals surface area contributed by atoms with Crippen molar-refractivity contribution in [2.75, 3.05) is 32.8 Å². The summed E-state index contributed by atoms with van der Waals surface area (Å²) in [5, 5.41) is 4.08. The molecule has 0 aliphatic carbocycles. The van der Waals surface area contributed by atoms with E-state index in [0.29, 0.717) is 38.3 Å². The predicted octanol–water partition coefficient (Wildman–Crippen LogP) is 0.643. The second-order valence-corrected chi connectivity index (χ2v) is 4.75. The lowest BCUT2D eigenvalue weighted by atomic mass is 10.2. The second-order valence-electron chi connectivity index (χ2n) is 4.75. The van der Waals surface area contributed by atoms with Crippen molar-refractivity contribution in [1.29, 1.82) is 0 Å². The van der Waals surface area contributed by atoms with Gasteiger partial charge in [0.05, 0.1) is 18.4 Å². The number of amides is 2. The molecule has 0 saturated carbocycles. The quantitative estimate of drug-likeness (QED) is 0.797. The van der Waals surface area contributed by atoms with Crippen LogP contribution < -0.4 is 0 Å². The first-order chi connectivity index (χ1) is 9.54. The molecule has 7 nitrogen and oxygen atoms in total. The molecular formula is C13H20N4O3. The van der Waals surface area contributed by atoms with Gasteiger partial charge in [-0.3, -0.25) is 9.48 Å². The molecule has 0 radical (unpaired) electrons. The van der Waals surface area contributed by atoms with Crippen LogP contribution in [0, 0.1) is 6.92 Å². The fourth-order valence-electron chi connectivity index (χ4n) is 2.19. The first kappa shape index (κ1) is 14.4. The standard InChI is InChI=1S/C13H20N4O3/c1-4-20-13(19)17-7-5-16(6-8-17)12(18)11-9-14-15(3)10(11)2/h9H,4-8H2,1-3H3. The minimum Gasteiger partial charge on any atom is -0.450 e. The molecule has 2 amide bonds. The summed E-state index contributed by atoms with van der Waals surface area (Å²) in [5.74, 6) is -0.0286. The number of rotatable bonds is 2. The molecule has 2 heterocycles. The highest BCUT2D eigenvalue weighted by molar-refractivity contribution is 5.95. The van der Waals surface area contributed by atoms with Crippen LogP contribution in [0.25, 0.3) is 0 Å². The summed E-state index contributed by atoms with van der Waals surface area (Å²) in [6.45, 7) is 6.07. The summed E-state index contributed by atoms with van der Waals surface area (Å²) in [7, 11) is 1.81. The zero-order valence-electron chi connectivity index (χ0n) is 12.1. The Bertz CT molecular complexity index is 504. The molecule has 1 aromatic heterocycles. The van der Waals surface area contributed by atoms with Crippen LogP contribution in [0.5, 0.6) is 0 Å². The van der Waals surface area contributed by atoms with Crippen LogP contribution in [0.15, 0.2) is 6.20 Å². The molecule has 0 N–H and O–H groups in total. The summed E-state index contributed by atoms with van der Waals surface area (Å²) in [6, 6.07) is 0. The lowest BCUT2D eigenvalue weighted by molar-refractivity contribution is 0.0570. The van der Waals surface area contributed by atoms with Crippen molar-refractivity contribution in [3.63, 3.8) is 0 Å². The maximum Gasteiger partial charge on any atom is 0.409 e. The zero-order valence-corrected chi connectivity index (χ0v) is 12.1. The summed E-state index contributed by atoms with van der Waals surface area (Å²) in [6.07, 6.45) is 1.28. The van der Waals surface area contributed by atoms with Crippen LogP contribution in [-0.2, 0) is 11.8 Å². The Kier molecular flexibility index (Phi) is 4.26. The molecule has 0 bridgehead atoms. The van der Waals surface area contributed by atoms with E-state index in [0.717, 1.165) is 5.69 Å². The first-order valence-electron chi connectivity index (χ1n) is 6.74. The van der Waals surface area contributed by atoms with Crippen LogP contribution in [0.4, 0.5) is 4.79 Å². The van der Waals surface area contributed by atoms with E-state index < -0.39 is 0 Å². The Morgan fingerprint density at radius 1 is 1.25 bits per heavy atom. The van der Waals surface area contributed by atoms with Gasteiger partial charge in [-0.05, 0) is 13.8 Å². The van der Waals surface area contributed by atoms with E-state index in [1.807, 2.05) is 14.0 Å². The number of piperazine rings is 1. The number of nitrogens with zero attached hydrogens (tertiary/aromatic N) is 4. The monoisotopic (exact) mass is 280 g/mol. The van der Waals surface area contributed by atoms with Gasteiger partial charge in [0.1, 0.15) is 0 Å². The number of hydrogen-bond donors (Lipinski definition) is 0. The summed E-state index contributed by atoms with van der Waals surface area (Å²) in [5.41, 5.74) is 1.47. The molecule has 1 aromatic rings. The SMILES string of the molecule is CCOC(=O)N1CCN(C(=O)c2cnn(C)c2C)CC1. The Morgan fingerprint density at radius 3 is 2.35 bits per heavy atom. The molecule has 0 atom stereocenters. The van der Waals surface area contributed by atoms with Gasteiger partial charge in [-0.25, -0.2) is 4.79 Å². The highest BCUT2D eigenvalue weighted by atomic mass is 16.6. The Hall–Kier alpha value is -2.05. The first-order valence-corrected chi connectivity index (χ1v) is 6.74. The maximum absolute atomic E-state index is 12.4. The third-order valence-electron chi connectivity index (χ3n) is 3.56. The fraction of sp³-hybridized carbons (Fsp3) is 0.615. The van der Waals surface area contributed by atoms with E-state index in [4.69, 9.17) is 4.74 Å². The van der Waals surface area contributed by atoms with Crippen molar-refractivity contribution in [1.82, 2.24) is 19.6 Å². The van der Waals surface area contributed by atoms with Gasteiger partial charge < -0.3 is 14.5 Å². The Labute approximate surface area is 118 Å². The maximum atomic E-state index is 12.4. The largest absolute Gasteiger partial charge is 0.450 e. The van der Waals surface area contributed by atoms with Gasteiger partial charge in [0, 0.05) is 38.9 Å². The molecule has 0 aromatic carbocycles. The van der Waals surface area contributed by atoms with E-state index in [-0.39, 0.29) is 12.0 Å². The Balaban J connectivity index is 1.95. The topological polar surface area (TPSA) is 67.7 Å². The van der Waals surface area contributed by atoms with Crippen LogP contribution >= 0.6 is 0 Å². The number of carbonyl (C=O) groups is 2. The molecule has 0 unspecified atom stereocenters. The minimum absolute atomic E-state index is 0.0286. The van der Waals surface area contributed by atoms with Crippen molar-refractivity contribution in [2.45, 2.75) is 13.8 Å². The second kappa shape index (κ2) is 5.94. The lowest BCUT2D eigenvalue weighted by Gasteiger charge is -2.34. The molecule has 20 heavy (non-hydrogen) atoms. The van der Waals surface area contributed by atoms with Gasteiger partial charge in [-0.2, -0.15) is 5.10 Å². The number of hydrogen-bond acceptors (Lipinski definition) is 4. The van der Waals surface area contributed by atoms with Crippen molar-refractivity contribution in [3.05, 3.63) is 17.5 Å². The van der Waals surface area contributed by atoms with Crippen molar-refractivity contribution in [3.8, 4) is 0 Å². The van der Waals surface area contributed by atoms with Gasteiger partial charge in [-0.1, -0.05) is 0 Å². The molecule has 1 saturated heterocycles. The lowest BCUT2D eigenvalue weighted by Crippen LogP contribution is -2.50. The normalized spacial score (nSPS) is 15.3. The van der Waals surface area contributed by atoms with Crippen LogP contribution in [0.1, 0.15) is 23.0 Å². The fourth-order valence-corrected chi connectivity index (χ4v) is 2.19. The third-order valence-corrected chi connectivity index (χ3v) is 3.56. The van der Waals surface area contributed by atoms with Gasteiger partial charge in [-0.15, -0.1) is 0 Å². The van der Waals surface area contributed by atoms with E-state index in [2.05, 4.69) is 5.10 Å². The number of aromatic nitrogens is 2. The van der Waals surface area contributed by atoms with Gasteiger partial charge in [0.2, 0.25) is 0 Å². The van der Waals surface area contributed by atoms with Crippen LogP contribution in [-0.4, -0.2) is 64.4 Å². The van der Waals surface area contributed by atoms with E-state index >= 15 is 0 Å². The number of aryl methyl sites for hydroxylation is 1. The molecule has 7 heteroatoms. The Morgan fingerprint density at radius 2 is 1.85 bits per heavy atom. The van der Waals surface area contributed by atoms with Crippen molar-refractivity contribution in [2.24, 2.45) is 7.05 Å². The average molecular weight is 280 g/mol. The van der Waals surface area contributed by atoms with Crippen LogP contribution in [0.2, 0.25) is 0 Å². The highest BCUT2D eigenvalue weighted by Crippen LogP contribution is 2.12. The van der Waals surface area contributed by atoms with Crippen molar-refractivity contribution < 1.29 is 14.3 Å².